The molecule has 1 aromatic heterocycles. The Morgan fingerprint density at radius 1 is 1.38 bits per heavy atom. The van der Waals surface area contributed by atoms with E-state index in [1.807, 2.05) is 5.10 Å². The molecule has 0 amide bonds. The minimum absolute atomic E-state index is 0.531. The van der Waals surface area contributed by atoms with Gasteiger partial charge in [0.05, 0.1) is 10.0 Å². The Balaban J connectivity index is 3.30. The summed E-state index contributed by atoms with van der Waals surface area (Å²) in [5.41, 5.74) is 0.478. The van der Waals surface area contributed by atoms with E-state index in [4.69, 9.17) is 5.21 Å². The molecule has 13 heavy (non-hydrogen) atoms. The van der Waals surface area contributed by atoms with Gasteiger partial charge in [-0.2, -0.15) is 5.10 Å². The van der Waals surface area contributed by atoms with Crippen LogP contribution in [0.4, 0.5) is 17.3 Å². The molecular weight excluding hydrogens is 186 g/mol. The van der Waals surface area contributed by atoms with E-state index in [1.54, 1.807) is 0 Å². The highest BCUT2D eigenvalue weighted by molar-refractivity contribution is 5.63. The van der Waals surface area contributed by atoms with Crippen LogP contribution in [0, 0.1) is 20.2 Å². The lowest BCUT2D eigenvalue weighted by Crippen LogP contribution is -1.97. The molecule has 0 fully saturated rings. The van der Waals surface area contributed by atoms with Crippen LogP contribution in [0.3, 0.4) is 0 Å². The first-order valence-electron chi connectivity index (χ1n) is 2.85. The molecule has 0 aliphatic rings. The Morgan fingerprint density at radius 3 is 2.38 bits per heavy atom. The van der Waals surface area contributed by atoms with Crippen LogP contribution < -0.4 is 5.48 Å². The Hall–Kier alpha value is -2.23. The third-order valence-corrected chi connectivity index (χ3v) is 1.19. The zero-order valence-corrected chi connectivity index (χ0v) is 5.92. The zero-order chi connectivity index (χ0) is 10.0. The van der Waals surface area contributed by atoms with Gasteiger partial charge >= 0.3 is 11.5 Å². The summed E-state index contributed by atoms with van der Waals surface area (Å²) in [6.07, 6.45) is 0. The number of hydrogen-bond donors (Lipinski definition) is 3. The molecule has 10 heteroatoms. The fourth-order valence-corrected chi connectivity index (χ4v) is 0.705. The number of aromatic nitrogens is 2. The van der Waals surface area contributed by atoms with Gasteiger partial charge in [0.1, 0.15) is 0 Å². The highest BCUT2D eigenvalue weighted by atomic mass is 16.6. The van der Waals surface area contributed by atoms with Crippen molar-refractivity contribution in [2.45, 2.75) is 0 Å². The molecule has 0 atom stereocenters. The molecule has 3 N–H and O–H groups in total. The number of nitrogens with zero attached hydrogens (tertiary/aromatic N) is 3. The summed E-state index contributed by atoms with van der Waals surface area (Å²) < 4.78 is 0. The van der Waals surface area contributed by atoms with Crippen LogP contribution >= 0.6 is 0 Å². The summed E-state index contributed by atoms with van der Waals surface area (Å²) in [4.78, 5) is 18.4. The van der Waals surface area contributed by atoms with Crippen LogP contribution in [0.15, 0.2) is 0 Å². The van der Waals surface area contributed by atoms with E-state index in [0.29, 0.717) is 0 Å². The average Bonchev–Trinajstić information content (AvgIpc) is 2.46. The van der Waals surface area contributed by atoms with Gasteiger partial charge in [0, 0.05) is 0 Å². The van der Waals surface area contributed by atoms with E-state index in [1.165, 1.54) is 5.48 Å². The molecule has 1 aromatic rings. The minimum Gasteiger partial charge on any atom is -0.358 e. The molecule has 0 bridgehead atoms. The van der Waals surface area contributed by atoms with Crippen molar-refractivity contribution in [1.29, 1.82) is 0 Å². The minimum atomic E-state index is -1.03. The van der Waals surface area contributed by atoms with Gasteiger partial charge < -0.3 is 10.1 Å². The van der Waals surface area contributed by atoms with Gasteiger partial charge in [0.15, 0.2) is 0 Å². The summed E-state index contributed by atoms with van der Waals surface area (Å²) in [5, 5.41) is 33.6. The van der Waals surface area contributed by atoms with E-state index in [-0.39, 0.29) is 0 Å². The molecule has 1 heterocycles. The monoisotopic (exact) mass is 189 g/mol. The molecule has 0 aromatic carbocycles. The second-order valence-electron chi connectivity index (χ2n) is 1.90. The highest BCUT2D eigenvalue weighted by Crippen LogP contribution is 2.30. The maximum atomic E-state index is 10.3. The fourth-order valence-electron chi connectivity index (χ4n) is 0.705. The van der Waals surface area contributed by atoms with Gasteiger partial charge in [-0.05, 0) is 4.92 Å². The lowest BCUT2D eigenvalue weighted by atomic mass is 10.5. The number of aromatic amines is 1. The van der Waals surface area contributed by atoms with Gasteiger partial charge in [-0.3, -0.25) is 15.3 Å². The number of nitrogens with one attached hydrogen (secondary N) is 2. The van der Waals surface area contributed by atoms with Crippen LogP contribution in [0.2, 0.25) is 0 Å². The van der Waals surface area contributed by atoms with Crippen LogP contribution in [0.5, 0.6) is 0 Å². The predicted octanol–water partition coefficient (Wildman–Crippen LogP) is 0.0272. The Morgan fingerprint density at radius 2 is 2.00 bits per heavy atom. The van der Waals surface area contributed by atoms with Crippen molar-refractivity contribution in [3.05, 3.63) is 20.2 Å². The molecule has 10 nitrogen and oxygen atoms in total. The third-order valence-electron chi connectivity index (χ3n) is 1.19. The Labute approximate surface area is 69.4 Å². The summed E-state index contributed by atoms with van der Waals surface area (Å²) in [6.45, 7) is 0. The van der Waals surface area contributed by atoms with E-state index < -0.39 is 27.2 Å². The first-order chi connectivity index (χ1) is 6.07. The summed E-state index contributed by atoms with van der Waals surface area (Å²) in [6, 6.07) is 0. The second kappa shape index (κ2) is 3.02. The van der Waals surface area contributed by atoms with Crippen molar-refractivity contribution < 1.29 is 15.1 Å². The van der Waals surface area contributed by atoms with Gasteiger partial charge in [0.2, 0.25) is 0 Å². The smallest absolute Gasteiger partial charge is 0.358 e. The summed E-state index contributed by atoms with van der Waals surface area (Å²) in [5.74, 6) is -1.49. The standard InChI is InChI=1S/C3H3N5O5/c9-6-2-1(7(10)11)3(5-4-2)8(12)13/h9H,(H2,4,5,6). The van der Waals surface area contributed by atoms with Crippen LogP contribution in [-0.4, -0.2) is 25.3 Å². The van der Waals surface area contributed by atoms with Gasteiger partial charge in [0.25, 0.3) is 5.82 Å². The van der Waals surface area contributed by atoms with Crippen LogP contribution in [0.1, 0.15) is 0 Å². The Bertz CT molecular complexity index is 357. The molecule has 0 aliphatic carbocycles. The first-order valence-corrected chi connectivity index (χ1v) is 2.85. The normalized spacial score (nSPS) is 9.62. The molecule has 0 aliphatic heterocycles. The topological polar surface area (TPSA) is 147 Å². The molecule has 0 unspecified atom stereocenters. The third kappa shape index (κ3) is 1.37. The van der Waals surface area contributed by atoms with Crippen molar-refractivity contribution in [3.63, 3.8) is 0 Å². The predicted molar refractivity (Wildman–Crippen MR) is 37.3 cm³/mol. The van der Waals surface area contributed by atoms with E-state index in [9.17, 15) is 20.2 Å². The summed E-state index contributed by atoms with van der Waals surface area (Å²) >= 11 is 0. The zero-order valence-electron chi connectivity index (χ0n) is 5.92. The van der Waals surface area contributed by atoms with Crippen LogP contribution in [0.25, 0.3) is 0 Å². The quantitative estimate of drug-likeness (QED) is 0.448. The van der Waals surface area contributed by atoms with Crippen molar-refractivity contribution >= 4 is 17.3 Å². The fraction of sp³-hybridized carbons (Fsp3) is 0. The Kier molecular flexibility index (Phi) is 2.06. The maximum absolute atomic E-state index is 10.3. The van der Waals surface area contributed by atoms with Crippen molar-refractivity contribution in [2.24, 2.45) is 0 Å². The molecule has 0 saturated heterocycles. The van der Waals surface area contributed by atoms with Gasteiger partial charge in [-0.1, -0.05) is 0 Å². The maximum Gasteiger partial charge on any atom is 0.469 e. The lowest BCUT2D eigenvalue weighted by molar-refractivity contribution is -0.424. The van der Waals surface area contributed by atoms with Crippen molar-refractivity contribution in [1.82, 2.24) is 10.2 Å². The first kappa shape index (κ1) is 8.86. The number of hydrogen-bond acceptors (Lipinski definition) is 7. The SMILES string of the molecule is O=[N+]([O-])c1n[nH]c(NO)c1[N+](=O)[O-]. The number of nitro groups is 2. The summed E-state index contributed by atoms with van der Waals surface area (Å²) in [7, 11) is 0. The molecular formula is C3H3N5O5. The molecule has 1 rings (SSSR count). The average molecular weight is 189 g/mol. The number of anilines is 1. The van der Waals surface area contributed by atoms with Crippen molar-refractivity contribution in [2.75, 3.05) is 5.48 Å². The van der Waals surface area contributed by atoms with Gasteiger partial charge in [-0.25, -0.2) is 5.48 Å². The molecule has 0 radical (unpaired) electrons. The molecule has 0 saturated carbocycles. The highest BCUT2D eigenvalue weighted by Gasteiger charge is 2.34. The second-order valence-corrected chi connectivity index (χ2v) is 1.90. The lowest BCUT2D eigenvalue weighted by Gasteiger charge is -1.90. The number of H-pyrrole nitrogens is 1. The molecule has 70 valence electrons. The van der Waals surface area contributed by atoms with E-state index >= 15 is 0 Å². The molecule has 0 spiro atoms. The van der Waals surface area contributed by atoms with Gasteiger partial charge in [-0.15, -0.1) is 0 Å². The van der Waals surface area contributed by atoms with E-state index in [0.717, 1.165) is 0 Å². The number of rotatable bonds is 3. The van der Waals surface area contributed by atoms with Crippen LogP contribution in [-0.2, 0) is 0 Å². The van der Waals surface area contributed by atoms with Crippen molar-refractivity contribution in [3.8, 4) is 0 Å². The van der Waals surface area contributed by atoms with E-state index in [2.05, 4.69) is 5.10 Å². The largest absolute Gasteiger partial charge is 0.469 e.